The van der Waals surface area contributed by atoms with Crippen molar-refractivity contribution in [3.05, 3.63) is 51.9 Å². The Morgan fingerprint density at radius 1 is 1.26 bits per heavy atom. The van der Waals surface area contributed by atoms with Gasteiger partial charge in [0.05, 0.1) is 10.5 Å². The molecule has 0 saturated heterocycles. The third-order valence-corrected chi connectivity index (χ3v) is 3.14. The number of benzene rings is 1. The van der Waals surface area contributed by atoms with E-state index in [1.54, 1.807) is 6.07 Å². The fourth-order valence-electron chi connectivity index (χ4n) is 1.88. The first kappa shape index (κ1) is 12.3. The molecule has 0 radical (unpaired) electrons. The molecule has 1 aromatic carbocycles. The molecule has 0 bridgehead atoms. The highest BCUT2D eigenvalue weighted by Crippen LogP contribution is 2.24. The van der Waals surface area contributed by atoms with Crippen molar-refractivity contribution in [3.63, 3.8) is 0 Å². The number of imidazole rings is 1. The molecule has 19 heavy (non-hydrogen) atoms. The Morgan fingerprint density at radius 2 is 1.95 bits per heavy atom. The molecule has 2 heterocycles. The van der Waals surface area contributed by atoms with Gasteiger partial charge in [0.1, 0.15) is 17.3 Å². The molecule has 0 aliphatic carbocycles. The number of H-pyrrole nitrogens is 1. The molecular weight excluding hydrogens is 292 g/mol. The minimum Gasteiger partial charge on any atom is -0.329 e. The molecular formula is C12H6ClF2N3S. The highest BCUT2D eigenvalue weighted by atomic mass is 35.5. The van der Waals surface area contributed by atoms with Crippen molar-refractivity contribution in [2.24, 2.45) is 0 Å². The van der Waals surface area contributed by atoms with E-state index < -0.39 is 11.6 Å². The fourth-order valence-corrected chi connectivity index (χ4v) is 2.33. The van der Waals surface area contributed by atoms with E-state index in [2.05, 4.69) is 9.97 Å². The van der Waals surface area contributed by atoms with Crippen LogP contribution in [0.3, 0.4) is 0 Å². The van der Waals surface area contributed by atoms with Crippen LogP contribution in [-0.2, 0) is 0 Å². The molecule has 0 fully saturated rings. The summed E-state index contributed by atoms with van der Waals surface area (Å²) < 4.78 is 29.0. The Hall–Kier alpha value is -1.79. The third kappa shape index (κ3) is 1.93. The SMILES string of the molecule is Fc1cccc(F)c1-n1c(=S)[nH]c2cc(Cl)cnc21. The molecule has 0 aliphatic rings. The Balaban J connectivity index is 2.43. The van der Waals surface area contributed by atoms with Gasteiger partial charge in [-0.05, 0) is 30.4 Å². The third-order valence-electron chi connectivity index (χ3n) is 2.65. The number of pyridine rings is 1. The van der Waals surface area contributed by atoms with Crippen LogP contribution in [-0.4, -0.2) is 14.5 Å². The summed E-state index contributed by atoms with van der Waals surface area (Å²) in [5.74, 6) is -1.43. The van der Waals surface area contributed by atoms with Gasteiger partial charge in [-0.3, -0.25) is 4.57 Å². The van der Waals surface area contributed by atoms with E-state index in [0.717, 1.165) is 12.1 Å². The zero-order chi connectivity index (χ0) is 13.6. The zero-order valence-corrected chi connectivity index (χ0v) is 10.9. The number of nitrogens with one attached hydrogen (secondary N) is 1. The number of para-hydroxylation sites is 1. The molecule has 3 nitrogen and oxygen atoms in total. The Bertz CT molecular complexity index is 820. The monoisotopic (exact) mass is 297 g/mol. The van der Waals surface area contributed by atoms with Gasteiger partial charge in [-0.1, -0.05) is 17.7 Å². The molecule has 3 aromatic rings. The van der Waals surface area contributed by atoms with Crippen LogP contribution in [0.25, 0.3) is 16.9 Å². The topological polar surface area (TPSA) is 33.6 Å². The summed E-state index contributed by atoms with van der Waals surface area (Å²) in [6.07, 6.45) is 1.39. The average molecular weight is 298 g/mol. The maximum absolute atomic E-state index is 13.8. The fraction of sp³-hybridized carbons (Fsp3) is 0. The van der Waals surface area contributed by atoms with Crippen LogP contribution in [0.1, 0.15) is 0 Å². The first-order valence-electron chi connectivity index (χ1n) is 5.28. The lowest BCUT2D eigenvalue weighted by atomic mass is 10.3. The van der Waals surface area contributed by atoms with E-state index >= 15 is 0 Å². The maximum Gasteiger partial charge on any atom is 0.184 e. The summed E-state index contributed by atoms with van der Waals surface area (Å²) in [5, 5.41) is 0.407. The average Bonchev–Trinajstić information content (AvgIpc) is 2.65. The van der Waals surface area contributed by atoms with E-state index in [9.17, 15) is 8.78 Å². The maximum atomic E-state index is 13.8. The predicted molar refractivity (Wildman–Crippen MR) is 71.2 cm³/mol. The molecule has 3 rings (SSSR count). The summed E-state index contributed by atoms with van der Waals surface area (Å²) in [6.45, 7) is 0. The lowest BCUT2D eigenvalue weighted by Crippen LogP contribution is -2.02. The van der Waals surface area contributed by atoms with Crippen LogP contribution in [0.4, 0.5) is 8.78 Å². The number of halogens is 3. The second-order valence-electron chi connectivity index (χ2n) is 3.86. The number of rotatable bonds is 1. The van der Waals surface area contributed by atoms with Crippen molar-refractivity contribution >= 4 is 35.0 Å². The first-order chi connectivity index (χ1) is 9.08. The molecule has 1 N–H and O–H groups in total. The van der Waals surface area contributed by atoms with Crippen LogP contribution < -0.4 is 0 Å². The minimum absolute atomic E-state index is 0.147. The lowest BCUT2D eigenvalue weighted by Gasteiger charge is -2.06. The van der Waals surface area contributed by atoms with Gasteiger partial charge in [0.15, 0.2) is 10.4 Å². The smallest absolute Gasteiger partial charge is 0.184 e. The van der Waals surface area contributed by atoms with Crippen LogP contribution >= 0.6 is 23.8 Å². The Morgan fingerprint density at radius 3 is 2.63 bits per heavy atom. The molecule has 2 aromatic heterocycles. The predicted octanol–water partition coefficient (Wildman–Crippen LogP) is 4.01. The molecule has 0 saturated carbocycles. The molecule has 0 unspecified atom stereocenters. The Labute approximate surface area is 116 Å². The van der Waals surface area contributed by atoms with E-state index in [1.807, 2.05) is 0 Å². The van der Waals surface area contributed by atoms with Gasteiger partial charge in [-0.15, -0.1) is 0 Å². The van der Waals surface area contributed by atoms with Crippen molar-refractivity contribution in [3.8, 4) is 5.69 Å². The summed E-state index contributed by atoms with van der Waals surface area (Å²) in [6, 6.07) is 5.20. The van der Waals surface area contributed by atoms with Crippen molar-refractivity contribution < 1.29 is 8.78 Å². The highest BCUT2D eigenvalue weighted by molar-refractivity contribution is 7.71. The molecule has 0 amide bonds. The standard InChI is InChI=1S/C12H6ClF2N3S/c13-6-4-9-11(16-5-6)18(12(19)17-9)10-7(14)2-1-3-8(10)15/h1-5H,(H,17,19). The second kappa shape index (κ2) is 4.40. The molecule has 0 atom stereocenters. The Kier molecular flexibility index (Phi) is 2.83. The summed E-state index contributed by atoms with van der Waals surface area (Å²) in [4.78, 5) is 6.88. The minimum atomic E-state index is -0.714. The molecule has 0 aliphatic heterocycles. The van der Waals surface area contributed by atoms with Gasteiger partial charge in [-0.25, -0.2) is 13.8 Å². The van der Waals surface area contributed by atoms with Gasteiger partial charge >= 0.3 is 0 Å². The van der Waals surface area contributed by atoms with Crippen LogP contribution in [0.15, 0.2) is 30.5 Å². The van der Waals surface area contributed by atoms with Crippen molar-refractivity contribution in [1.82, 2.24) is 14.5 Å². The summed E-state index contributed by atoms with van der Waals surface area (Å²) in [7, 11) is 0. The largest absolute Gasteiger partial charge is 0.329 e. The quantitative estimate of drug-likeness (QED) is 0.688. The number of aromatic nitrogens is 3. The summed E-state index contributed by atoms with van der Waals surface area (Å²) in [5.41, 5.74) is 0.576. The van der Waals surface area contributed by atoms with Gasteiger partial charge in [0.25, 0.3) is 0 Å². The van der Waals surface area contributed by atoms with Gasteiger partial charge in [-0.2, -0.15) is 0 Å². The molecule has 0 spiro atoms. The first-order valence-corrected chi connectivity index (χ1v) is 6.07. The van der Waals surface area contributed by atoms with Gasteiger partial charge in [0, 0.05) is 6.20 Å². The lowest BCUT2D eigenvalue weighted by molar-refractivity contribution is 0.570. The van der Waals surface area contributed by atoms with E-state index in [0.29, 0.717) is 16.2 Å². The summed E-state index contributed by atoms with van der Waals surface area (Å²) >= 11 is 10.9. The molecule has 7 heteroatoms. The van der Waals surface area contributed by atoms with Crippen LogP contribution in [0, 0.1) is 16.4 Å². The number of aromatic amines is 1. The van der Waals surface area contributed by atoms with Crippen LogP contribution in [0.2, 0.25) is 5.02 Å². The normalized spacial score (nSPS) is 11.1. The zero-order valence-electron chi connectivity index (χ0n) is 9.32. The van der Waals surface area contributed by atoms with Gasteiger partial charge in [0.2, 0.25) is 0 Å². The number of fused-ring (bicyclic) bond motifs is 1. The van der Waals surface area contributed by atoms with Crippen LogP contribution in [0.5, 0.6) is 0 Å². The van der Waals surface area contributed by atoms with Gasteiger partial charge < -0.3 is 4.98 Å². The van der Waals surface area contributed by atoms with E-state index in [4.69, 9.17) is 23.8 Å². The second-order valence-corrected chi connectivity index (χ2v) is 4.68. The van der Waals surface area contributed by atoms with Crippen molar-refractivity contribution in [2.75, 3.05) is 0 Å². The van der Waals surface area contributed by atoms with Crippen molar-refractivity contribution in [1.29, 1.82) is 0 Å². The van der Waals surface area contributed by atoms with E-state index in [-0.39, 0.29) is 10.5 Å². The number of hydrogen-bond donors (Lipinski definition) is 1. The number of hydrogen-bond acceptors (Lipinski definition) is 2. The van der Waals surface area contributed by atoms with E-state index in [1.165, 1.54) is 16.8 Å². The highest BCUT2D eigenvalue weighted by Gasteiger charge is 2.16. The van der Waals surface area contributed by atoms with Crippen molar-refractivity contribution in [2.45, 2.75) is 0 Å². The molecule has 96 valence electrons. The number of nitrogens with zero attached hydrogens (tertiary/aromatic N) is 2.